The summed E-state index contributed by atoms with van der Waals surface area (Å²) in [6.07, 6.45) is 0.409. The summed E-state index contributed by atoms with van der Waals surface area (Å²) in [5, 5.41) is 8.58. The van der Waals surface area contributed by atoms with E-state index in [1.807, 2.05) is 45.0 Å². The van der Waals surface area contributed by atoms with Crippen molar-refractivity contribution in [1.29, 1.82) is 5.26 Å². The van der Waals surface area contributed by atoms with Crippen LogP contribution < -0.4 is 4.74 Å². The van der Waals surface area contributed by atoms with Crippen LogP contribution in [0.1, 0.15) is 26.3 Å². The van der Waals surface area contributed by atoms with E-state index in [1.54, 1.807) is 0 Å². The molecule has 0 bridgehead atoms. The fourth-order valence-electron chi connectivity index (χ4n) is 1.54. The number of hydrogen-bond donors (Lipinski definition) is 0. The van der Waals surface area contributed by atoms with Gasteiger partial charge < -0.3 is 9.47 Å². The van der Waals surface area contributed by atoms with E-state index >= 15 is 0 Å². The summed E-state index contributed by atoms with van der Waals surface area (Å²) >= 11 is 1.49. The van der Waals surface area contributed by atoms with E-state index in [0.29, 0.717) is 18.8 Å². The molecule has 0 aliphatic rings. The minimum atomic E-state index is -0.431. The van der Waals surface area contributed by atoms with Crippen molar-refractivity contribution in [2.75, 3.05) is 18.1 Å². The molecule has 0 aliphatic carbocycles. The zero-order chi connectivity index (χ0) is 15.7. The van der Waals surface area contributed by atoms with Crippen LogP contribution >= 0.6 is 11.8 Å². The van der Waals surface area contributed by atoms with Crippen LogP contribution in [0.2, 0.25) is 0 Å². The Hall–Kier alpha value is -1.67. The average Bonchev–Trinajstić information content (AvgIpc) is 2.38. The van der Waals surface area contributed by atoms with Gasteiger partial charge in [-0.15, -0.1) is 11.8 Å². The maximum atomic E-state index is 11.5. The Kier molecular flexibility index (Phi) is 7.10. The fraction of sp³-hybridized carbons (Fsp3) is 0.500. The van der Waals surface area contributed by atoms with Crippen LogP contribution in [-0.4, -0.2) is 29.7 Å². The molecule has 0 fully saturated rings. The first kappa shape index (κ1) is 17.4. The molecule has 0 aliphatic heterocycles. The maximum Gasteiger partial charge on any atom is 0.316 e. The molecule has 5 heteroatoms. The van der Waals surface area contributed by atoms with Gasteiger partial charge in [0.05, 0.1) is 24.8 Å². The number of hydrogen-bond acceptors (Lipinski definition) is 5. The van der Waals surface area contributed by atoms with Crippen molar-refractivity contribution >= 4 is 17.7 Å². The highest BCUT2D eigenvalue weighted by molar-refractivity contribution is 7.99. The highest BCUT2D eigenvalue weighted by Gasteiger charge is 2.15. The molecular formula is C16H21NO3S. The lowest BCUT2D eigenvalue weighted by Crippen LogP contribution is -2.25. The van der Waals surface area contributed by atoms with E-state index in [4.69, 9.17) is 14.7 Å². The molecule has 0 radical (unpaired) electrons. The number of rotatable bonds is 7. The quantitative estimate of drug-likeness (QED) is 0.572. The van der Waals surface area contributed by atoms with Crippen LogP contribution in [0.25, 0.3) is 0 Å². The number of thioether (sulfide) groups is 1. The molecule has 0 heterocycles. The number of carbonyl (C=O) groups excluding carboxylic acids is 1. The Balaban J connectivity index is 2.17. The van der Waals surface area contributed by atoms with E-state index in [-0.39, 0.29) is 5.97 Å². The summed E-state index contributed by atoms with van der Waals surface area (Å²) in [4.78, 5) is 11.5. The zero-order valence-electron chi connectivity index (χ0n) is 12.7. The highest BCUT2D eigenvalue weighted by Crippen LogP contribution is 2.14. The first-order valence-electron chi connectivity index (χ1n) is 6.79. The SMILES string of the molecule is CC(C)(C)OC(=O)CSCCOc1ccc(CC#N)cc1. The van der Waals surface area contributed by atoms with Gasteiger partial charge in [-0.3, -0.25) is 4.79 Å². The number of benzene rings is 1. The third-order valence-corrected chi connectivity index (χ3v) is 3.24. The van der Waals surface area contributed by atoms with Crippen molar-refractivity contribution in [3.63, 3.8) is 0 Å². The van der Waals surface area contributed by atoms with Crippen LogP contribution in [0.3, 0.4) is 0 Å². The minimum Gasteiger partial charge on any atom is -0.493 e. The average molecular weight is 307 g/mol. The van der Waals surface area contributed by atoms with Crippen LogP contribution in [0.5, 0.6) is 5.75 Å². The summed E-state index contributed by atoms with van der Waals surface area (Å²) in [7, 11) is 0. The molecule has 114 valence electrons. The van der Waals surface area contributed by atoms with E-state index in [2.05, 4.69) is 6.07 Å². The van der Waals surface area contributed by atoms with Gasteiger partial charge in [-0.05, 0) is 38.5 Å². The van der Waals surface area contributed by atoms with Gasteiger partial charge in [0, 0.05) is 5.75 Å². The predicted molar refractivity (Wildman–Crippen MR) is 84.4 cm³/mol. The van der Waals surface area contributed by atoms with Crippen molar-refractivity contribution in [2.45, 2.75) is 32.8 Å². The Bertz CT molecular complexity index is 486. The maximum absolute atomic E-state index is 11.5. The van der Waals surface area contributed by atoms with Gasteiger partial charge >= 0.3 is 5.97 Å². The van der Waals surface area contributed by atoms with Gasteiger partial charge in [0.15, 0.2) is 0 Å². The lowest BCUT2D eigenvalue weighted by molar-refractivity contribution is -0.151. The van der Waals surface area contributed by atoms with Crippen molar-refractivity contribution in [3.05, 3.63) is 29.8 Å². The van der Waals surface area contributed by atoms with Crippen molar-refractivity contribution in [2.24, 2.45) is 0 Å². The summed E-state index contributed by atoms with van der Waals surface area (Å²) < 4.78 is 10.8. The molecule has 0 saturated heterocycles. The standard InChI is InChI=1S/C16H21NO3S/c1-16(2,3)20-15(18)12-21-11-10-19-14-6-4-13(5-7-14)8-9-17/h4-7H,8,10-12H2,1-3H3. The van der Waals surface area contributed by atoms with Gasteiger partial charge in [0.2, 0.25) is 0 Å². The Morgan fingerprint density at radius 2 is 1.95 bits per heavy atom. The zero-order valence-corrected chi connectivity index (χ0v) is 13.5. The Labute approximate surface area is 130 Å². The highest BCUT2D eigenvalue weighted by atomic mass is 32.2. The van der Waals surface area contributed by atoms with Crippen molar-refractivity contribution in [3.8, 4) is 11.8 Å². The molecule has 0 spiro atoms. The van der Waals surface area contributed by atoms with Gasteiger partial charge in [0.25, 0.3) is 0 Å². The summed E-state index contributed by atoms with van der Waals surface area (Å²) in [5.74, 6) is 1.63. The molecule has 0 aromatic heterocycles. The van der Waals surface area contributed by atoms with E-state index < -0.39 is 5.60 Å². The molecule has 1 aromatic rings. The van der Waals surface area contributed by atoms with Crippen LogP contribution in [0, 0.1) is 11.3 Å². The predicted octanol–water partition coefficient (Wildman–Crippen LogP) is 3.21. The van der Waals surface area contributed by atoms with Gasteiger partial charge in [-0.2, -0.15) is 5.26 Å². The van der Waals surface area contributed by atoms with Crippen LogP contribution in [0.4, 0.5) is 0 Å². The molecule has 4 nitrogen and oxygen atoms in total. The molecule has 1 aromatic carbocycles. The molecule has 0 saturated carbocycles. The third kappa shape index (κ3) is 8.26. The molecule has 0 atom stereocenters. The van der Waals surface area contributed by atoms with Gasteiger partial charge in [-0.25, -0.2) is 0 Å². The number of carbonyl (C=O) groups is 1. The topological polar surface area (TPSA) is 59.3 Å². The smallest absolute Gasteiger partial charge is 0.316 e. The van der Waals surface area contributed by atoms with E-state index in [0.717, 1.165) is 17.1 Å². The second-order valence-electron chi connectivity index (χ2n) is 5.47. The normalized spacial score (nSPS) is 10.8. The molecule has 0 unspecified atom stereocenters. The van der Waals surface area contributed by atoms with E-state index in [9.17, 15) is 4.79 Å². The minimum absolute atomic E-state index is 0.201. The van der Waals surface area contributed by atoms with Gasteiger partial charge in [-0.1, -0.05) is 12.1 Å². The van der Waals surface area contributed by atoms with Crippen LogP contribution in [-0.2, 0) is 16.0 Å². The number of ether oxygens (including phenoxy) is 2. The molecule has 0 amide bonds. The second kappa shape index (κ2) is 8.58. The molecular weight excluding hydrogens is 286 g/mol. The first-order valence-corrected chi connectivity index (χ1v) is 7.94. The molecule has 0 N–H and O–H groups in total. The summed E-state index contributed by atoms with van der Waals surface area (Å²) in [6.45, 7) is 6.10. The summed E-state index contributed by atoms with van der Waals surface area (Å²) in [6, 6.07) is 9.57. The summed E-state index contributed by atoms with van der Waals surface area (Å²) in [5.41, 5.74) is 0.545. The van der Waals surface area contributed by atoms with Crippen molar-refractivity contribution < 1.29 is 14.3 Å². The second-order valence-corrected chi connectivity index (χ2v) is 6.57. The first-order chi connectivity index (χ1) is 9.90. The molecule has 21 heavy (non-hydrogen) atoms. The third-order valence-electron chi connectivity index (χ3n) is 2.34. The Morgan fingerprint density at radius 1 is 1.29 bits per heavy atom. The molecule has 1 rings (SSSR count). The Morgan fingerprint density at radius 3 is 2.52 bits per heavy atom. The van der Waals surface area contributed by atoms with E-state index in [1.165, 1.54) is 11.8 Å². The monoisotopic (exact) mass is 307 g/mol. The lowest BCUT2D eigenvalue weighted by atomic mass is 10.2. The van der Waals surface area contributed by atoms with Crippen LogP contribution in [0.15, 0.2) is 24.3 Å². The fourth-order valence-corrected chi connectivity index (χ4v) is 2.11. The number of nitrogens with zero attached hydrogens (tertiary/aromatic N) is 1. The van der Waals surface area contributed by atoms with Crippen molar-refractivity contribution in [1.82, 2.24) is 0 Å². The largest absolute Gasteiger partial charge is 0.493 e. The lowest BCUT2D eigenvalue weighted by Gasteiger charge is -2.19. The number of nitriles is 1. The van der Waals surface area contributed by atoms with Gasteiger partial charge in [0.1, 0.15) is 11.4 Å². The number of esters is 1.